The van der Waals surface area contributed by atoms with Gasteiger partial charge >= 0.3 is 0 Å². The van der Waals surface area contributed by atoms with E-state index in [0.29, 0.717) is 30.9 Å². The second kappa shape index (κ2) is 6.07. The quantitative estimate of drug-likeness (QED) is 0.721. The van der Waals surface area contributed by atoms with Gasteiger partial charge in [-0.1, -0.05) is 6.92 Å². The minimum Gasteiger partial charge on any atom is -0.457 e. The minimum atomic E-state index is -0.0379. The zero-order chi connectivity index (χ0) is 12.0. The molecule has 1 aromatic heterocycles. The Kier molecular flexibility index (Phi) is 4.72. The summed E-state index contributed by atoms with van der Waals surface area (Å²) in [5.74, 6) is 0.961. The molecule has 0 aliphatic carbocycles. The predicted molar refractivity (Wildman–Crippen MR) is 59.1 cm³/mol. The molecule has 0 aliphatic heterocycles. The standard InChI is InChI=1S/C11H16N2O3/c1-3-13(7-11(15)12-2)6-9-4-5-10(8-14)16-9/h4-5,8H,3,6-7H2,1-2H3,(H,12,15). The highest BCUT2D eigenvalue weighted by Gasteiger charge is 2.10. The van der Waals surface area contributed by atoms with Gasteiger partial charge in [-0.2, -0.15) is 0 Å². The number of furan rings is 1. The van der Waals surface area contributed by atoms with E-state index in [0.717, 1.165) is 6.54 Å². The number of carbonyl (C=O) groups is 2. The van der Waals surface area contributed by atoms with Crippen molar-refractivity contribution in [3.8, 4) is 0 Å². The van der Waals surface area contributed by atoms with Gasteiger partial charge in [0.1, 0.15) is 5.76 Å². The van der Waals surface area contributed by atoms with Crippen molar-refractivity contribution in [3.63, 3.8) is 0 Å². The lowest BCUT2D eigenvalue weighted by molar-refractivity contribution is -0.121. The number of nitrogens with zero attached hydrogens (tertiary/aromatic N) is 1. The normalized spacial score (nSPS) is 10.4. The van der Waals surface area contributed by atoms with Crippen LogP contribution in [-0.2, 0) is 11.3 Å². The first-order chi connectivity index (χ1) is 7.69. The molecule has 0 fully saturated rings. The van der Waals surface area contributed by atoms with E-state index in [1.807, 2.05) is 11.8 Å². The van der Waals surface area contributed by atoms with E-state index >= 15 is 0 Å². The van der Waals surface area contributed by atoms with E-state index in [1.54, 1.807) is 19.2 Å². The molecule has 1 heterocycles. The summed E-state index contributed by atoms with van der Waals surface area (Å²) in [6.45, 7) is 3.55. The lowest BCUT2D eigenvalue weighted by Gasteiger charge is -2.17. The maximum Gasteiger partial charge on any atom is 0.233 e. The highest BCUT2D eigenvalue weighted by molar-refractivity contribution is 5.77. The Bertz CT molecular complexity index is 360. The van der Waals surface area contributed by atoms with E-state index in [1.165, 1.54) is 0 Å². The Labute approximate surface area is 94.4 Å². The number of carbonyl (C=O) groups excluding carboxylic acids is 2. The molecule has 0 saturated carbocycles. The van der Waals surface area contributed by atoms with Gasteiger partial charge in [0.15, 0.2) is 12.0 Å². The van der Waals surface area contributed by atoms with Gasteiger partial charge in [-0.05, 0) is 18.7 Å². The Morgan fingerprint density at radius 1 is 1.56 bits per heavy atom. The topological polar surface area (TPSA) is 62.6 Å². The molecule has 0 bridgehead atoms. The third-order valence-electron chi connectivity index (χ3n) is 2.27. The van der Waals surface area contributed by atoms with Gasteiger partial charge in [-0.3, -0.25) is 14.5 Å². The molecule has 1 aromatic rings. The van der Waals surface area contributed by atoms with Crippen LogP contribution in [0, 0.1) is 0 Å². The maximum absolute atomic E-state index is 11.2. The summed E-state index contributed by atoms with van der Waals surface area (Å²) in [5.41, 5.74) is 0. The van der Waals surface area contributed by atoms with Crippen LogP contribution in [0.2, 0.25) is 0 Å². The van der Waals surface area contributed by atoms with Crippen molar-refractivity contribution in [3.05, 3.63) is 23.7 Å². The van der Waals surface area contributed by atoms with E-state index in [4.69, 9.17) is 4.42 Å². The molecule has 0 unspecified atom stereocenters. The molecule has 0 atom stereocenters. The summed E-state index contributed by atoms with van der Waals surface area (Å²) in [5, 5.41) is 2.56. The average Bonchev–Trinajstić information content (AvgIpc) is 2.75. The minimum absolute atomic E-state index is 0.0379. The monoisotopic (exact) mass is 224 g/mol. The molecule has 0 aromatic carbocycles. The summed E-state index contributed by atoms with van der Waals surface area (Å²) in [4.78, 5) is 23.5. The second-order valence-electron chi connectivity index (χ2n) is 3.40. The summed E-state index contributed by atoms with van der Waals surface area (Å²) in [6, 6.07) is 3.37. The molecule has 16 heavy (non-hydrogen) atoms. The molecular formula is C11H16N2O3. The van der Waals surface area contributed by atoms with Crippen LogP contribution in [0.3, 0.4) is 0 Å². The fourth-order valence-corrected chi connectivity index (χ4v) is 1.32. The van der Waals surface area contributed by atoms with Crippen molar-refractivity contribution < 1.29 is 14.0 Å². The molecule has 1 amide bonds. The van der Waals surface area contributed by atoms with Crippen LogP contribution < -0.4 is 5.32 Å². The zero-order valence-electron chi connectivity index (χ0n) is 9.53. The van der Waals surface area contributed by atoms with E-state index in [-0.39, 0.29) is 5.91 Å². The van der Waals surface area contributed by atoms with Gasteiger partial charge in [0.2, 0.25) is 5.91 Å². The van der Waals surface area contributed by atoms with Crippen molar-refractivity contribution in [2.24, 2.45) is 0 Å². The van der Waals surface area contributed by atoms with Crippen molar-refractivity contribution in [2.75, 3.05) is 20.1 Å². The number of likely N-dealkylation sites (N-methyl/N-ethyl adjacent to an activating group) is 2. The molecule has 1 N–H and O–H groups in total. The molecule has 5 heteroatoms. The van der Waals surface area contributed by atoms with Crippen LogP contribution in [0.4, 0.5) is 0 Å². The summed E-state index contributed by atoms with van der Waals surface area (Å²) < 4.78 is 5.24. The van der Waals surface area contributed by atoms with Gasteiger partial charge in [-0.15, -0.1) is 0 Å². The van der Waals surface area contributed by atoms with Gasteiger partial charge in [0, 0.05) is 7.05 Å². The first-order valence-corrected chi connectivity index (χ1v) is 5.16. The molecule has 88 valence electrons. The number of amides is 1. The van der Waals surface area contributed by atoms with E-state index in [2.05, 4.69) is 5.32 Å². The Morgan fingerprint density at radius 3 is 2.81 bits per heavy atom. The Balaban J connectivity index is 2.55. The molecule has 0 aliphatic rings. The van der Waals surface area contributed by atoms with E-state index < -0.39 is 0 Å². The van der Waals surface area contributed by atoms with Gasteiger partial charge in [-0.25, -0.2) is 0 Å². The molecule has 0 spiro atoms. The number of hydrogen-bond donors (Lipinski definition) is 1. The van der Waals surface area contributed by atoms with Crippen molar-refractivity contribution >= 4 is 12.2 Å². The smallest absolute Gasteiger partial charge is 0.233 e. The van der Waals surface area contributed by atoms with Crippen molar-refractivity contribution in [1.82, 2.24) is 10.2 Å². The van der Waals surface area contributed by atoms with Crippen LogP contribution in [0.25, 0.3) is 0 Å². The maximum atomic E-state index is 11.2. The van der Waals surface area contributed by atoms with Crippen LogP contribution >= 0.6 is 0 Å². The molecule has 5 nitrogen and oxygen atoms in total. The van der Waals surface area contributed by atoms with Crippen LogP contribution in [0.1, 0.15) is 23.2 Å². The van der Waals surface area contributed by atoms with E-state index in [9.17, 15) is 9.59 Å². The van der Waals surface area contributed by atoms with Gasteiger partial charge in [0.05, 0.1) is 13.1 Å². The van der Waals surface area contributed by atoms with Gasteiger partial charge < -0.3 is 9.73 Å². The number of rotatable bonds is 6. The van der Waals surface area contributed by atoms with Crippen molar-refractivity contribution in [1.29, 1.82) is 0 Å². The second-order valence-corrected chi connectivity index (χ2v) is 3.40. The Hall–Kier alpha value is -1.62. The van der Waals surface area contributed by atoms with Crippen LogP contribution in [0.15, 0.2) is 16.5 Å². The number of aldehydes is 1. The van der Waals surface area contributed by atoms with Crippen molar-refractivity contribution in [2.45, 2.75) is 13.5 Å². The molecule has 0 saturated heterocycles. The Morgan fingerprint density at radius 2 is 2.31 bits per heavy atom. The highest BCUT2D eigenvalue weighted by atomic mass is 16.3. The van der Waals surface area contributed by atoms with Gasteiger partial charge in [0.25, 0.3) is 0 Å². The summed E-state index contributed by atoms with van der Waals surface area (Å²) in [6.07, 6.45) is 0.665. The molecule has 0 radical (unpaired) electrons. The van der Waals surface area contributed by atoms with Crippen LogP contribution in [-0.4, -0.2) is 37.2 Å². The largest absolute Gasteiger partial charge is 0.457 e. The lowest BCUT2D eigenvalue weighted by Crippen LogP contribution is -2.34. The summed E-state index contributed by atoms with van der Waals surface area (Å²) in [7, 11) is 1.60. The fraction of sp³-hybridized carbons (Fsp3) is 0.455. The third-order valence-corrected chi connectivity index (χ3v) is 2.27. The van der Waals surface area contributed by atoms with Crippen LogP contribution in [0.5, 0.6) is 0 Å². The fourth-order valence-electron chi connectivity index (χ4n) is 1.32. The first-order valence-electron chi connectivity index (χ1n) is 5.16. The molecular weight excluding hydrogens is 208 g/mol. The number of hydrogen-bond acceptors (Lipinski definition) is 4. The average molecular weight is 224 g/mol. The zero-order valence-corrected chi connectivity index (χ0v) is 9.53. The lowest BCUT2D eigenvalue weighted by atomic mass is 10.3. The highest BCUT2D eigenvalue weighted by Crippen LogP contribution is 2.08. The molecule has 1 rings (SSSR count). The number of nitrogens with one attached hydrogen (secondary N) is 1. The third kappa shape index (κ3) is 3.51. The first kappa shape index (κ1) is 12.4. The SMILES string of the molecule is CCN(CC(=O)NC)Cc1ccc(C=O)o1. The summed E-state index contributed by atoms with van der Waals surface area (Å²) >= 11 is 0. The predicted octanol–water partition coefficient (Wildman–Crippen LogP) is 0.660.